The van der Waals surface area contributed by atoms with Gasteiger partial charge in [-0.25, -0.2) is 18.2 Å². The van der Waals surface area contributed by atoms with Gasteiger partial charge in [-0.1, -0.05) is 30.3 Å². The van der Waals surface area contributed by atoms with Crippen LogP contribution in [0, 0.1) is 11.8 Å². The molecule has 1 heterocycles. The van der Waals surface area contributed by atoms with Crippen LogP contribution in [0.4, 0.5) is 4.79 Å². The summed E-state index contributed by atoms with van der Waals surface area (Å²) in [4.78, 5) is 44.7. The molecule has 1 aromatic carbocycles. The van der Waals surface area contributed by atoms with Crippen LogP contribution in [-0.4, -0.2) is 68.5 Å². The molecular weight excluding hydrogens is 480 g/mol. The van der Waals surface area contributed by atoms with Crippen molar-refractivity contribution in [2.24, 2.45) is 33.3 Å². The number of aliphatic imine (C=N–C) groups is 2. The minimum Gasteiger partial charge on any atom is -0.469 e. The van der Waals surface area contributed by atoms with Crippen molar-refractivity contribution in [3.8, 4) is 0 Å². The number of benzene rings is 1. The van der Waals surface area contributed by atoms with E-state index in [1.165, 1.54) is 6.92 Å². The van der Waals surface area contributed by atoms with Crippen LogP contribution in [0.5, 0.6) is 0 Å². The SMILES string of the molecule is COC(=O)[C@H]1C[C@@H](N=C(N=C(N)N)NC(=O)OCc2ccccc2)[C@H]2[C@@H]1S(=O)(=O)C[C@@H]2NC(C)=O. The van der Waals surface area contributed by atoms with Crippen LogP contribution in [0.1, 0.15) is 18.9 Å². The minimum absolute atomic E-state index is 0.0123. The van der Waals surface area contributed by atoms with Crippen molar-refractivity contribution in [2.45, 2.75) is 37.3 Å². The highest BCUT2D eigenvalue weighted by Gasteiger charge is 2.61. The van der Waals surface area contributed by atoms with Crippen molar-refractivity contribution in [2.75, 3.05) is 12.9 Å². The van der Waals surface area contributed by atoms with E-state index in [1.54, 1.807) is 24.3 Å². The Morgan fingerprint density at radius 2 is 1.86 bits per heavy atom. The Hall–Kier alpha value is -3.68. The number of guanidine groups is 2. The van der Waals surface area contributed by atoms with Gasteiger partial charge in [-0.05, 0) is 12.0 Å². The van der Waals surface area contributed by atoms with Crippen LogP contribution in [0.2, 0.25) is 0 Å². The molecule has 1 saturated carbocycles. The summed E-state index contributed by atoms with van der Waals surface area (Å²) in [6.07, 6.45) is -0.907. The third kappa shape index (κ3) is 6.26. The van der Waals surface area contributed by atoms with E-state index >= 15 is 0 Å². The van der Waals surface area contributed by atoms with Crippen LogP contribution in [0.15, 0.2) is 40.3 Å². The Morgan fingerprint density at radius 1 is 1.17 bits per heavy atom. The number of nitrogens with one attached hydrogen (secondary N) is 2. The first kappa shape index (κ1) is 25.9. The van der Waals surface area contributed by atoms with E-state index in [0.717, 1.165) is 12.7 Å². The smallest absolute Gasteiger partial charge is 0.414 e. The Kier molecular flexibility index (Phi) is 7.94. The lowest BCUT2D eigenvalue weighted by atomic mass is 9.95. The predicted octanol–water partition coefficient (Wildman–Crippen LogP) is -0.978. The summed E-state index contributed by atoms with van der Waals surface area (Å²) >= 11 is 0. The number of fused-ring (bicyclic) bond motifs is 1. The number of hydrogen-bond donors (Lipinski definition) is 4. The van der Waals surface area contributed by atoms with Gasteiger partial charge in [0.05, 0.1) is 30.1 Å². The molecule has 6 N–H and O–H groups in total. The zero-order valence-electron chi connectivity index (χ0n) is 19.2. The highest BCUT2D eigenvalue weighted by Crippen LogP contribution is 2.46. The Morgan fingerprint density at radius 3 is 2.46 bits per heavy atom. The van der Waals surface area contributed by atoms with Gasteiger partial charge in [-0.3, -0.25) is 14.9 Å². The highest BCUT2D eigenvalue weighted by molar-refractivity contribution is 7.92. The summed E-state index contributed by atoms with van der Waals surface area (Å²) in [5, 5.41) is 3.86. The maximum absolute atomic E-state index is 12.9. The molecule has 5 atom stereocenters. The molecule has 1 aromatic rings. The van der Waals surface area contributed by atoms with E-state index in [9.17, 15) is 22.8 Å². The van der Waals surface area contributed by atoms with Crippen LogP contribution in [-0.2, 0) is 35.5 Å². The van der Waals surface area contributed by atoms with Gasteiger partial charge < -0.3 is 26.3 Å². The maximum Gasteiger partial charge on any atom is 0.414 e. The molecule has 3 rings (SSSR count). The second-order valence-corrected chi connectivity index (χ2v) is 10.5. The maximum atomic E-state index is 12.9. The molecule has 2 amide bonds. The molecular formula is C21H28N6O7S. The molecule has 1 saturated heterocycles. The van der Waals surface area contributed by atoms with Gasteiger partial charge in [0.1, 0.15) is 6.61 Å². The van der Waals surface area contributed by atoms with E-state index in [4.69, 9.17) is 20.9 Å². The normalized spacial score (nSPS) is 26.8. The number of hydrogen-bond acceptors (Lipinski definition) is 8. The number of sulfone groups is 1. The predicted molar refractivity (Wildman–Crippen MR) is 126 cm³/mol. The van der Waals surface area contributed by atoms with E-state index in [2.05, 4.69) is 20.6 Å². The van der Waals surface area contributed by atoms with E-state index in [1.807, 2.05) is 6.07 Å². The molecule has 0 bridgehead atoms. The number of rotatable bonds is 5. The lowest BCUT2D eigenvalue weighted by Gasteiger charge is -2.22. The molecule has 1 aliphatic carbocycles. The monoisotopic (exact) mass is 508 g/mol. The Balaban J connectivity index is 1.88. The first-order valence-corrected chi connectivity index (χ1v) is 12.4. The number of carbonyl (C=O) groups is 3. The number of methoxy groups -OCH3 is 1. The van der Waals surface area contributed by atoms with Crippen molar-refractivity contribution >= 4 is 39.7 Å². The molecule has 0 unspecified atom stereocenters. The molecule has 13 nitrogen and oxygen atoms in total. The van der Waals surface area contributed by atoms with Gasteiger partial charge in [0.25, 0.3) is 0 Å². The summed E-state index contributed by atoms with van der Waals surface area (Å²) in [7, 11) is -2.60. The standard InChI is InChI=1S/C21H28N6O7S/c1-11(28)24-15-10-35(31,32)17-13(18(29)33-2)8-14(16(15)17)25-20(26-19(22)23)27-21(30)34-9-12-6-4-3-5-7-12/h3-7,13-17H,8-10H2,1-2H3,(H,24,28)(H5,22,23,25,26,27,30)/t13-,14+,15-,16+,17+/m0/s1. The minimum atomic E-state index is -3.76. The third-order valence-electron chi connectivity index (χ3n) is 5.85. The van der Waals surface area contributed by atoms with Crippen molar-refractivity contribution < 1.29 is 32.3 Å². The van der Waals surface area contributed by atoms with Gasteiger partial charge in [0, 0.05) is 18.9 Å². The summed E-state index contributed by atoms with van der Waals surface area (Å²) in [6.45, 7) is 1.24. The molecule has 1 aliphatic heterocycles. The fourth-order valence-corrected chi connectivity index (χ4v) is 7.24. The zero-order valence-corrected chi connectivity index (χ0v) is 20.0. The lowest BCUT2D eigenvalue weighted by molar-refractivity contribution is -0.145. The van der Waals surface area contributed by atoms with Crippen LogP contribution in [0.25, 0.3) is 0 Å². The second-order valence-electron chi connectivity index (χ2n) is 8.29. The van der Waals surface area contributed by atoms with Gasteiger partial charge in [-0.15, -0.1) is 0 Å². The Labute approximate surface area is 202 Å². The number of alkyl carbamates (subject to hydrolysis) is 1. The fourth-order valence-electron chi connectivity index (χ4n) is 4.64. The number of esters is 1. The molecule has 35 heavy (non-hydrogen) atoms. The summed E-state index contributed by atoms with van der Waals surface area (Å²) in [5.74, 6) is -3.99. The zero-order chi connectivity index (χ0) is 25.8. The number of amides is 2. The molecule has 14 heteroatoms. The first-order chi connectivity index (χ1) is 16.5. The van der Waals surface area contributed by atoms with Crippen molar-refractivity contribution in [3.63, 3.8) is 0 Å². The van der Waals surface area contributed by atoms with Gasteiger partial charge in [0.2, 0.25) is 11.9 Å². The summed E-state index contributed by atoms with van der Waals surface area (Å²) in [5.41, 5.74) is 11.7. The van der Waals surface area contributed by atoms with Crippen molar-refractivity contribution in [3.05, 3.63) is 35.9 Å². The average molecular weight is 509 g/mol. The molecule has 0 radical (unpaired) electrons. The quantitative estimate of drug-likeness (QED) is 0.219. The first-order valence-electron chi connectivity index (χ1n) is 10.7. The molecule has 2 aliphatic rings. The average Bonchev–Trinajstić information content (AvgIpc) is 3.28. The molecule has 190 valence electrons. The molecule has 0 spiro atoms. The van der Waals surface area contributed by atoms with Crippen molar-refractivity contribution in [1.82, 2.24) is 10.6 Å². The third-order valence-corrected chi connectivity index (χ3v) is 8.15. The number of ether oxygens (including phenoxy) is 2. The van der Waals surface area contributed by atoms with Gasteiger partial charge in [0.15, 0.2) is 15.8 Å². The number of nitrogens with two attached hydrogens (primary N) is 2. The summed E-state index contributed by atoms with van der Waals surface area (Å²) < 4.78 is 35.8. The summed E-state index contributed by atoms with van der Waals surface area (Å²) in [6, 6.07) is 7.32. The number of carbonyl (C=O) groups excluding carboxylic acids is 3. The van der Waals surface area contributed by atoms with E-state index < -0.39 is 62.9 Å². The topological polar surface area (TPSA) is 205 Å². The molecule has 2 fully saturated rings. The van der Waals surface area contributed by atoms with Crippen LogP contribution < -0.4 is 22.1 Å². The van der Waals surface area contributed by atoms with Gasteiger partial charge >= 0.3 is 12.1 Å². The lowest BCUT2D eigenvalue weighted by Crippen LogP contribution is -2.43. The van der Waals surface area contributed by atoms with E-state index in [0.29, 0.717) is 0 Å². The molecule has 0 aromatic heterocycles. The number of nitrogens with zero attached hydrogens (tertiary/aromatic N) is 2. The Bertz CT molecular complexity index is 1130. The van der Waals surface area contributed by atoms with Crippen LogP contribution >= 0.6 is 0 Å². The second kappa shape index (κ2) is 10.7. The highest BCUT2D eigenvalue weighted by atomic mass is 32.2. The largest absolute Gasteiger partial charge is 0.469 e. The van der Waals surface area contributed by atoms with Crippen molar-refractivity contribution in [1.29, 1.82) is 0 Å². The van der Waals surface area contributed by atoms with Gasteiger partial charge in [-0.2, -0.15) is 4.99 Å². The van der Waals surface area contributed by atoms with E-state index in [-0.39, 0.29) is 24.7 Å². The van der Waals surface area contributed by atoms with Crippen LogP contribution in [0.3, 0.4) is 0 Å². The fraction of sp³-hybridized carbons (Fsp3) is 0.476.